The van der Waals surface area contributed by atoms with Gasteiger partial charge in [0.15, 0.2) is 11.5 Å². The van der Waals surface area contributed by atoms with Crippen LogP contribution in [0.4, 0.5) is 0 Å². The molecule has 4 aromatic heterocycles. The zero-order valence-electron chi connectivity index (χ0n) is 18.5. The van der Waals surface area contributed by atoms with E-state index in [2.05, 4.69) is 15.1 Å². The molecule has 10 heteroatoms. The number of rotatable bonds is 7. The van der Waals surface area contributed by atoms with Gasteiger partial charge in [-0.25, -0.2) is 14.8 Å². The highest BCUT2D eigenvalue weighted by Crippen LogP contribution is 2.39. The van der Waals surface area contributed by atoms with Crippen molar-refractivity contribution in [2.75, 3.05) is 14.2 Å². The minimum absolute atomic E-state index is 0.0180. The van der Waals surface area contributed by atoms with Crippen LogP contribution in [0.3, 0.4) is 0 Å². The number of carbonyl (C=O) groups is 1. The fourth-order valence-electron chi connectivity index (χ4n) is 3.58. The van der Waals surface area contributed by atoms with Crippen molar-refractivity contribution in [2.45, 2.75) is 13.5 Å². The summed E-state index contributed by atoms with van der Waals surface area (Å²) in [4.78, 5) is 23.1. The number of ether oxygens (including phenoxy) is 3. The van der Waals surface area contributed by atoms with Crippen LogP contribution in [0.5, 0.6) is 11.5 Å². The maximum atomic E-state index is 13.1. The number of methoxy groups -OCH3 is 2. The van der Waals surface area contributed by atoms with Gasteiger partial charge in [-0.05, 0) is 36.6 Å². The Kier molecular flexibility index (Phi) is 5.99. The molecule has 0 saturated heterocycles. The number of aromatic nitrogens is 3. The Morgan fingerprint density at radius 3 is 2.74 bits per heavy atom. The average Bonchev–Trinajstić information content (AvgIpc) is 3.63. The molecule has 8 nitrogen and oxygen atoms in total. The Morgan fingerprint density at radius 2 is 1.97 bits per heavy atom. The van der Waals surface area contributed by atoms with Crippen LogP contribution >= 0.6 is 22.7 Å². The van der Waals surface area contributed by atoms with Crippen LogP contribution < -0.4 is 9.47 Å². The Morgan fingerprint density at radius 1 is 1.09 bits per heavy atom. The number of thiazole rings is 1. The van der Waals surface area contributed by atoms with Crippen LogP contribution in [0.15, 0.2) is 51.7 Å². The molecule has 0 spiro atoms. The topological polar surface area (TPSA) is 96.6 Å². The number of pyridine rings is 1. The first-order valence-corrected chi connectivity index (χ1v) is 12.0. The van der Waals surface area contributed by atoms with Gasteiger partial charge in [-0.3, -0.25) is 0 Å². The summed E-state index contributed by atoms with van der Waals surface area (Å²) in [6, 6.07) is 11.2. The van der Waals surface area contributed by atoms with Gasteiger partial charge in [-0.15, -0.1) is 22.7 Å². The standard InChI is InChI=1S/C24H19N3O5S2/c1-13-20-16(10-17(19-8-5-9-33-19)26-22(20)32-27-13)24(28)31-11-14-12-34-23(25-14)15-6-4-7-18(29-2)21(15)30-3/h4-10,12H,11H2,1-3H3. The SMILES string of the molecule is COc1cccc(-c2nc(COC(=O)c3cc(-c4cccs4)nc4onc(C)c34)cs2)c1OC. The van der Waals surface area contributed by atoms with E-state index < -0.39 is 5.97 Å². The van der Waals surface area contributed by atoms with Gasteiger partial charge in [0.05, 0.1) is 52.7 Å². The second-order valence-electron chi connectivity index (χ2n) is 7.24. The van der Waals surface area contributed by atoms with Gasteiger partial charge in [-0.2, -0.15) is 0 Å². The first kappa shape index (κ1) is 22.1. The van der Waals surface area contributed by atoms with Crippen LogP contribution in [0.25, 0.3) is 32.2 Å². The number of nitrogens with zero attached hydrogens (tertiary/aromatic N) is 3. The molecule has 172 valence electrons. The summed E-state index contributed by atoms with van der Waals surface area (Å²) in [5, 5.41) is 9.06. The molecule has 5 aromatic rings. The Balaban J connectivity index is 1.40. The van der Waals surface area contributed by atoms with E-state index in [-0.39, 0.29) is 6.61 Å². The molecule has 5 rings (SSSR count). The zero-order valence-corrected chi connectivity index (χ0v) is 20.2. The zero-order chi connectivity index (χ0) is 23.7. The van der Waals surface area contributed by atoms with E-state index >= 15 is 0 Å². The summed E-state index contributed by atoms with van der Waals surface area (Å²) < 4.78 is 21.8. The van der Waals surface area contributed by atoms with Crippen molar-refractivity contribution in [1.29, 1.82) is 0 Å². The van der Waals surface area contributed by atoms with Gasteiger partial charge in [0.2, 0.25) is 0 Å². The maximum Gasteiger partial charge on any atom is 0.339 e. The molecular formula is C24H19N3O5S2. The van der Waals surface area contributed by atoms with Crippen molar-refractivity contribution >= 4 is 39.7 Å². The number of benzene rings is 1. The smallest absolute Gasteiger partial charge is 0.339 e. The van der Waals surface area contributed by atoms with Gasteiger partial charge >= 0.3 is 5.97 Å². The third-order valence-electron chi connectivity index (χ3n) is 5.15. The summed E-state index contributed by atoms with van der Waals surface area (Å²) in [5.74, 6) is 0.728. The molecule has 0 radical (unpaired) electrons. The van der Waals surface area contributed by atoms with Crippen LogP contribution in [-0.4, -0.2) is 35.3 Å². The summed E-state index contributed by atoms with van der Waals surface area (Å²) >= 11 is 2.96. The number of fused-ring (bicyclic) bond motifs is 1. The quantitative estimate of drug-likeness (QED) is 0.264. The molecule has 0 aliphatic heterocycles. The summed E-state index contributed by atoms with van der Waals surface area (Å²) in [7, 11) is 3.18. The first-order chi connectivity index (χ1) is 16.6. The normalized spacial score (nSPS) is 11.0. The van der Waals surface area contributed by atoms with Gasteiger partial charge in [0.1, 0.15) is 11.6 Å². The van der Waals surface area contributed by atoms with Gasteiger partial charge in [-0.1, -0.05) is 17.3 Å². The number of hydrogen-bond donors (Lipinski definition) is 0. The lowest BCUT2D eigenvalue weighted by Gasteiger charge is -2.10. The number of aryl methyl sites for hydroxylation is 1. The van der Waals surface area contributed by atoms with Crippen molar-refractivity contribution < 1.29 is 23.5 Å². The molecule has 0 aliphatic carbocycles. The molecule has 0 amide bonds. The van der Waals surface area contributed by atoms with Crippen molar-refractivity contribution in [1.82, 2.24) is 15.1 Å². The minimum atomic E-state index is -0.495. The molecule has 0 N–H and O–H groups in total. The van der Waals surface area contributed by atoms with E-state index in [0.717, 1.165) is 15.4 Å². The van der Waals surface area contributed by atoms with Crippen LogP contribution in [0, 0.1) is 6.92 Å². The predicted molar refractivity (Wildman–Crippen MR) is 130 cm³/mol. The highest BCUT2D eigenvalue weighted by molar-refractivity contribution is 7.13. The lowest BCUT2D eigenvalue weighted by Crippen LogP contribution is -2.07. The van der Waals surface area contributed by atoms with E-state index in [1.54, 1.807) is 27.2 Å². The average molecular weight is 494 g/mol. The van der Waals surface area contributed by atoms with E-state index in [9.17, 15) is 4.79 Å². The van der Waals surface area contributed by atoms with Crippen LogP contribution in [-0.2, 0) is 11.3 Å². The molecular weight excluding hydrogens is 474 g/mol. The predicted octanol–water partition coefficient (Wildman–Crippen LogP) is 5.76. The van der Waals surface area contributed by atoms with Gasteiger partial charge < -0.3 is 18.7 Å². The molecule has 0 unspecified atom stereocenters. The maximum absolute atomic E-state index is 13.1. The van der Waals surface area contributed by atoms with Crippen molar-refractivity contribution in [3.05, 3.63) is 64.1 Å². The molecule has 0 saturated carbocycles. The van der Waals surface area contributed by atoms with Crippen molar-refractivity contribution in [3.8, 4) is 32.6 Å². The summed E-state index contributed by atoms with van der Waals surface area (Å²) in [5.41, 5.74) is 3.30. The number of para-hydroxylation sites is 1. The second-order valence-corrected chi connectivity index (χ2v) is 9.05. The lowest BCUT2D eigenvalue weighted by molar-refractivity contribution is 0.0470. The van der Waals surface area contributed by atoms with Crippen LogP contribution in [0.1, 0.15) is 21.7 Å². The molecule has 0 fully saturated rings. The lowest BCUT2D eigenvalue weighted by atomic mass is 10.1. The molecule has 0 aliphatic rings. The molecule has 4 heterocycles. The number of esters is 1. The van der Waals surface area contributed by atoms with E-state index in [1.165, 1.54) is 22.7 Å². The highest BCUT2D eigenvalue weighted by Gasteiger charge is 2.21. The minimum Gasteiger partial charge on any atom is -0.493 e. The Hall–Kier alpha value is -3.76. The Bertz CT molecular complexity index is 1470. The molecule has 0 atom stereocenters. The van der Waals surface area contributed by atoms with Gasteiger partial charge in [0, 0.05) is 5.38 Å². The molecule has 0 bridgehead atoms. The van der Waals surface area contributed by atoms with E-state index in [1.807, 2.05) is 41.1 Å². The second kappa shape index (κ2) is 9.24. The first-order valence-electron chi connectivity index (χ1n) is 10.2. The molecule has 1 aromatic carbocycles. The van der Waals surface area contributed by atoms with E-state index in [4.69, 9.17) is 18.7 Å². The largest absolute Gasteiger partial charge is 0.493 e. The fourth-order valence-corrected chi connectivity index (χ4v) is 5.09. The number of carbonyl (C=O) groups excluding carboxylic acids is 1. The molecule has 34 heavy (non-hydrogen) atoms. The highest BCUT2D eigenvalue weighted by atomic mass is 32.1. The Labute approximate surface area is 202 Å². The number of hydrogen-bond acceptors (Lipinski definition) is 10. The van der Waals surface area contributed by atoms with E-state index in [0.29, 0.717) is 45.2 Å². The third-order valence-corrected chi connectivity index (χ3v) is 6.96. The summed E-state index contributed by atoms with van der Waals surface area (Å²) in [6.07, 6.45) is 0. The van der Waals surface area contributed by atoms with Gasteiger partial charge in [0.25, 0.3) is 5.71 Å². The third kappa shape index (κ3) is 4.02. The van der Waals surface area contributed by atoms with Crippen molar-refractivity contribution in [2.24, 2.45) is 0 Å². The summed E-state index contributed by atoms with van der Waals surface area (Å²) in [6.45, 7) is 1.79. The monoisotopic (exact) mass is 493 g/mol. The van der Waals surface area contributed by atoms with Crippen LogP contribution in [0.2, 0.25) is 0 Å². The van der Waals surface area contributed by atoms with Crippen molar-refractivity contribution in [3.63, 3.8) is 0 Å². The fraction of sp³-hybridized carbons (Fsp3) is 0.167. The number of thiophene rings is 1.